The van der Waals surface area contributed by atoms with Gasteiger partial charge in [0.25, 0.3) is 0 Å². The van der Waals surface area contributed by atoms with E-state index in [1.54, 1.807) is 6.07 Å². The monoisotopic (exact) mass is 219 g/mol. The molecule has 2 heteroatoms. The van der Waals surface area contributed by atoms with Gasteiger partial charge in [0.05, 0.1) is 6.07 Å². The molecule has 0 atom stereocenters. The van der Waals surface area contributed by atoms with Gasteiger partial charge in [0.1, 0.15) is 0 Å². The fraction of sp³-hybridized carbons (Fsp3) is 0.111. The van der Waals surface area contributed by atoms with E-state index in [4.69, 9.17) is 5.26 Å². The summed E-state index contributed by atoms with van der Waals surface area (Å²) in [6.07, 6.45) is 1.97. The van der Waals surface area contributed by atoms with Crippen molar-refractivity contribution in [1.29, 1.82) is 5.26 Å². The average molecular weight is 219 g/mol. The summed E-state index contributed by atoms with van der Waals surface area (Å²) in [5.41, 5.74) is 1.81. The van der Waals surface area contributed by atoms with Crippen LogP contribution in [0.3, 0.4) is 0 Å². The first kappa shape index (κ1) is 10.7. The van der Waals surface area contributed by atoms with E-state index in [1.165, 1.54) is 0 Å². The predicted molar refractivity (Wildman–Crippen MR) is 40.2 cm³/mol. The third-order valence-corrected chi connectivity index (χ3v) is 1.35. The first-order valence-corrected chi connectivity index (χ1v) is 3.16. The van der Waals surface area contributed by atoms with Crippen LogP contribution >= 0.6 is 0 Å². The standard InChI is InChI=1S/C9H8N.Y/c1-2-8-4-3-5-9(6-8)7-10;/h2-6H,1H3;/q-1;. The van der Waals surface area contributed by atoms with Gasteiger partial charge in [-0.05, 0) is 5.56 Å². The van der Waals surface area contributed by atoms with Crippen LogP contribution in [0.15, 0.2) is 24.3 Å². The Labute approximate surface area is 92.3 Å². The maximum atomic E-state index is 8.49. The summed E-state index contributed by atoms with van der Waals surface area (Å²) < 4.78 is 0. The molecule has 0 N–H and O–H groups in total. The van der Waals surface area contributed by atoms with Crippen molar-refractivity contribution in [3.8, 4) is 6.07 Å². The predicted octanol–water partition coefficient (Wildman–Crippen LogP) is 2.13. The van der Waals surface area contributed by atoms with E-state index in [0.29, 0.717) is 0 Å². The van der Waals surface area contributed by atoms with Crippen LogP contribution in [0.25, 0.3) is 0 Å². The second kappa shape index (κ2) is 5.35. The molecule has 0 aliphatic rings. The molecule has 0 amide bonds. The van der Waals surface area contributed by atoms with Crippen LogP contribution in [-0.2, 0) is 32.7 Å². The van der Waals surface area contributed by atoms with E-state index in [9.17, 15) is 0 Å². The van der Waals surface area contributed by atoms with E-state index < -0.39 is 0 Å². The molecule has 0 aliphatic heterocycles. The van der Waals surface area contributed by atoms with Crippen molar-refractivity contribution in [1.82, 2.24) is 0 Å². The topological polar surface area (TPSA) is 23.8 Å². The molecular weight excluding hydrogens is 211 g/mol. The molecule has 0 bridgehead atoms. The summed E-state index contributed by atoms with van der Waals surface area (Å²) in [6.45, 7) is 1.95. The maximum Gasteiger partial charge on any atom is 0.0856 e. The van der Waals surface area contributed by atoms with Gasteiger partial charge in [-0.15, -0.1) is 12.1 Å². The van der Waals surface area contributed by atoms with Crippen LogP contribution in [0.5, 0.6) is 0 Å². The molecule has 0 fully saturated rings. The third-order valence-electron chi connectivity index (χ3n) is 1.35. The average Bonchev–Trinajstić information content (AvgIpc) is 2.05. The maximum absolute atomic E-state index is 8.49. The molecule has 53 valence electrons. The zero-order valence-electron chi connectivity index (χ0n) is 6.41. The summed E-state index contributed by atoms with van der Waals surface area (Å²) in [6, 6.07) is 9.60. The smallest absolute Gasteiger partial charge is 0.0856 e. The molecule has 0 saturated heterocycles. The molecule has 1 aromatic carbocycles. The molecule has 0 aliphatic carbocycles. The molecule has 1 nitrogen and oxygen atoms in total. The van der Waals surface area contributed by atoms with Crippen LogP contribution < -0.4 is 0 Å². The van der Waals surface area contributed by atoms with E-state index in [2.05, 4.69) is 6.07 Å². The summed E-state index contributed by atoms with van der Waals surface area (Å²) in [4.78, 5) is 0. The summed E-state index contributed by atoms with van der Waals surface area (Å²) in [7, 11) is 0. The van der Waals surface area contributed by atoms with E-state index in [-0.39, 0.29) is 32.7 Å². The summed E-state index contributed by atoms with van der Waals surface area (Å²) in [5, 5.41) is 8.49. The number of nitrogens with zero attached hydrogens (tertiary/aromatic N) is 1. The van der Waals surface area contributed by atoms with Crippen LogP contribution in [0, 0.1) is 17.8 Å². The fourth-order valence-corrected chi connectivity index (χ4v) is 0.788. The van der Waals surface area contributed by atoms with Crippen molar-refractivity contribution >= 4 is 0 Å². The Kier molecular flexibility index (Phi) is 5.20. The largest absolute Gasteiger partial charge is 0.194 e. The molecule has 0 heterocycles. The molecule has 0 unspecified atom stereocenters. The van der Waals surface area contributed by atoms with Crippen LogP contribution in [0.2, 0.25) is 0 Å². The van der Waals surface area contributed by atoms with Crippen molar-refractivity contribution in [2.24, 2.45) is 0 Å². The van der Waals surface area contributed by atoms with E-state index in [0.717, 1.165) is 11.1 Å². The molecule has 1 aromatic rings. The molecule has 0 spiro atoms. The Hall–Kier alpha value is -0.316. The number of rotatable bonds is 1. The normalized spacial score (nSPS) is 7.64. The Morgan fingerprint density at radius 2 is 2.18 bits per heavy atom. The number of hydrogen-bond donors (Lipinski definition) is 0. The van der Waals surface area contributed by atoms with Crippen molar-refractivity contribution in [3.05, 3.63) is 41.8 Å². The molecule has 0 aromatic heterocycles. The van der Waals surface area contributed by atoms with Gasteiger partial charge in [-0.25, -0.2) is 0 Å². The van der Waals surface area contributed by atoms with Crippen LogP contribution in [0.4, 0.5) is 0 Å². The molecule has 11 heavy (non-hydrogen) atoms. The van der Waals surface area contributed by atoms with Gasteiger partial charge in [-0.1, -0.05) is 13.0 Å². The molecule has 0 saturated carbocycles. The zero-order chi connectivity index (χ0) is 7.40. The number of hydrogen-bond acceptors (Lipinski definition) is 1. The minimum absolute atomic E-state index is 0. The number of benzene rings is 1. The van der Waals surface area contributed by atoms with E-state index in [1.807, 2.05) is 31.5 Å². The molecule has 1 radical (unpaired) electrons. The van der Waals surface area contributed by atoms with Crippen molar-refractivity contribution < 1.29 is 32.7 Å². The number of nitriles is 1. The summed E-state index contributed by atoms with van der Waals surface area (Å²) >= 11 is 0. The first-order valence-electron chi connectivity index (χ1n) is 3.16. The molecular formula is C9H8NY-. The van der Waals surface area contributed by atoms with Gasteiger partial charge in [-0.2, -0.15) is 23.3 Å². The van der Waals surface area contributed by atoms with E-state index >= 15 is 0 Å². The second-order valence-electron chi connectivity index (χ2n) is 2.03. The van der Waals surface area contributed by atoms with Crippen molar-refractivity contribution in [2.45, 2.75) is 6.92 Å². The quantitative estimate of drug-likeness (QED) is 0.663. The van der Waals surface area contributed by atoms with Gasteiger partial charge < -0.3 is 0 Å². The van der Waals surface area contributed by atoms with Crippen molar-refractivity contribution in [2.75, 3.05) is 0 Å². The van der Waals surface area contributed by atoms with Gasteiger partial charge in [0.2, 0.25) is 0 Å². The van der Waals surface area contributed by atoms with Gasteiger partial charge in [0.15, 0.2) is 0 Å². The zero-order valence-corrected chi connectivity index (χ0v) is 9.25. The molecule has 1 rings (SSSR count). The van der Waals surface area contributed by atoms with Gasteiger partial charge >= 0.3 is 0 Å². The Morgan fingerprint density at radius 3 is 2.73 bits per heavy atom. The Balaban J connectivity index is 0.000001000. The van der Waals surface area contributed by atoms with Crippen LogP contribution in [0.1, 0.15) is 18.1 Å². The Bertz CT molecular complexity index is 263. The van der Waals surface area contributed by atoms with Crippen molar-refractivity contribution in [3.63, 3.8) is 0 Å². The van der Waals surface area contributed by atoms with Crippen LogP contribution in [-0.4, -0.2) is 0 Å². The minimum Gasteiger partial charge on any atom is -0.194 e. The summed E-state index contributed by atoms with van der Waals surface area (Å²) in [5.74, 6) is 0. The van der Waals surface area contributed by atoms with Gasteiger partial charge in [0, 0.05) is 32.7 Å². The second-order valence-corrected chi connectivity index (χ2v) is 2.03. The first-order chi connectivity index (χ1) is 4.86. The minimum atomic E-state index is 0. The van der Waals surface area contributed by atoms with Gasteiger partial charge in [-0.3, -0.25) is 0 Å². The fourth-order valence-electron chi connectivity index (χ4n) is 0.788. The SMILES string of the molecule is C[CH-]c1cccc(C#N)c1.[Y]. The third kappa shape index (κ3) is 3.05. The Morgan fingerprint density at radius 1 is 1.45 bits per heavy atom.